The van der Waals surface area contributed by atoms with E-state index in [-0.39, 0.29) is 18.1 Å². The minimum absolute atomic E-state index is 0.135. The van der Waals surface area contributed by atoms with Crippen LogP contribution in [0.3, 0.4) is 0 Å². The first-order chi connectivity index (χ1) is 9.88. The zero-order valence-electron chi connectivity index (χ0n) is 11.1. The van der Waals surface area contributed by atoms with Gasteiger partial charge in [-0.25, -0.2) is 21.9 Å². The predicted molar refractivity (Wildman–Crippen MR) is 70.9 cm³/mol. The summed E-state index contributed by atoms with van der Waals surface area (Å²) in [6.07, 6.45) is 1.55. The number of nitrogens with one attached hydrogen (secondary N) is 1. The molecule has 0 spiro atoms. The predicted octanol–water partition coefficient (Wildman–Crippen LogP) is 0.748. The highest BCUT2D eigenvalue weighted by Crippen LogP contribution is 2.37. The summed E-state index contributed by atoms with van der Waals surface area (Å²) in [6, 6.07) is 1.26. The molecule has 0 amide bonds. The van der Waals surface area contributed by atoms with E-state index in [1.165, 1.54) is 0 Å². The van der Waals surface area contributed by atoms with Crippen molar-refractivity contribution in [2.45, 2.75) is 35.9 Å². The Bertz CT molecular complexity index is 633. The Labute approximate surface area is 121 Å². The van der Waals surface area contributed by atoms with Crippen molar-refractivity contribution in [3.05, 3.63) is 29.8 Å². The van der Waals surface area contributed by atoms with Crippen LogP contribution in [0.15, 0.2) is 23.1 Å². The number of hydrogen-bond acceptors (Lipinski definition) is 4. The molecule has 1 aliphatic heterocycles. The zero-order chi connectivity index (χ0) is 15.2. The molecule has 8 heteroatoms. The van der Waals surface area contributed by atoms with Crippen molar-refractivity contribution in [1.29, 1.82) is 0 Å². The van der Waals surface area contributed by atoms with Crippen molar-refractivity contribution < 1.29 is 21.9 Å². The normalized spacial score (nSPS) is 32.3. The van der Waals surface area contributed by atoms with Crippen LogP contribution in [0.1, 0.15) is 12.8 Å². The third kappa shape index (κ3) is 2.68. The molecule has 1 aliphatic carbocycles. The van der Waals surface area contributed by atoms with E-state index in [1.54, 1.807) is 0 Å². The highest BCUT2D eigenvalue weighted by atomic mass is 32.2. The largest absolute Gasteiger partial charge is 0.376 e. The van der Waals surface area contributed by atoms with E-state index in [4.69, 9.17) is 10.5 Å². The number of ether oxygens (including phenoxy) is 1. The van der Waals surface area contributed by atoms with Crippen molar-refractivity contribution >= 4 is 10.0 Å². The van der Waals surface area contributed by atoms with E-state index in [2.05, 4.69) is 4.72 Å². The van der Waals surface area contributed by atoms with Crippen molar-refractivity contribution in [1.82, 2.24) is 4.72 Å². The maximum absolute atomic E-state index is 13.2. The fourth-order valence-electron chi connectivity index (χ4n) is 3.02. The number of fused-ring (bicyclic) bond motifs is 1. The third-order valence-electron chi connectivity index (χ3n) is 4.11. The first-order valence-corrected chi connectivity index (χ1v) is 8.22. The molecule has 3 N–H and O–H groups in total. The van der Waals surface area contributed by atoms with Gasteiger partial charge in [-0.15, -0.1) is 0 Å². The van der Waals surface area contributed by atoms with Crippen LogP contribution in [0.4, 0.5) is 8.78 Å². The van der Waals surface area contributed by atoms with Gasteiger partial charge in [0.2, 0.25) is 10.0 Å². The van der Waals surface area contributed by atoms with Crippen molar-refractivity contribution in [2.24, 2.45) is 11.7 Å². The minimum Gasteiger partial charge on any atom is -0.376 e. The van der Waals surface area contributed by atoms with E-state index in [0.717, 1.165) is 25.0 Å². The van der Waals surface area contributed by atoms with Crippen LogP contribution >= 0.6 is 0 Å². The summed E-state index contributed by atoms with van der Waals surface area (Å²) in [5, 5.41) is 0. The summed E-state index contributed by atoms with van der Waals surface area (Å²) in [5.41, 5.74) is 5.97. The average Bonchev–Trinajstić information content (AvgIpc) is 2.43. The van der Waals surface area contributed by atoms with Gasteiger partial charge in [-0.05, 0) is 25.0 Å². The Balaban J connectivity index is 1.80. The number of halogens is 2. The van der Waals surface area contributed by atoms with Crippen LogP contribution in [-0.2, 0) is 14.8 Å². The molecule has 5 nitrogen and oxygen atoms in total. The van der Waals surface area contributed by atoms with E-state index in [1.807, 2.05) is 0 Å². The first kappa shape index (κ1) is 14.8. The molecule has 4 atom stereocenters. The molecule has 0 radical (unpaired) electrons. The second kappa shape index (κ2) is 5.28. The molecule has 1 saturated carbocycles. The zero-order valence-corrected chi connectivity index (χ0v) is 11.9. The van der Waals surface area contributed by atoms with Gasteiger partial charge < -0.3 is 10.5 Å². The second-order valence-corrected chi connectivity index (χ2v) is 7.19. The van der Waals surface area contributed by atoms with Crippen LogP contribution in [0.25, 0.3) is 0 Å². The molecule has 1 heterocycles. The molecule has 4 unspecified atom stereocenters. The molecule has 2 fully saturated rings. The molecule has 116 valence electrons. The highest BCUT2D eigenvalue weighted by Gasteiger charge is 2.51. The second-order valence-electron chi connectivity index (χ2n) is 5.47. The molecular formula is C13H16F2N2O3S. The van der Waals surface area contributed by atoms with Gasteiger partial charge in [0, 0.05) is 24.6 Å². The maximum atomic E-state index is 13.2. The average molecular weight is 318 g/mol. The molecule has 0 bridgehead atoms. The summed E-state index contributed by atoms with van der Waals surface area (Å²) < 4.78 is 58.7. The van der Waals surface area contributed by atoms with Crippen molar-refractivity contribution in [2.75, 3.05) is 6.61 Å². The Morgan fingerprint density at radius 2 is 1.90 bits per heavy atom. The third-order valence-corrected chi connectivity index (χ3v) is 5.55. The standard InChI is InChI=1S/C13H16F2N2O3S/c14-7-4-8(15)6-9(5-7)21(18,19)17-12-11(16)10-2-1-3-20-13(10)12/h4-6,10-13,17H,1-3,16H2. The van der Waals surface area contributed by atoms with Crippen LogP contribution in [0.5, 0.6) is 0 Å². The Morgan fingerprint density at radius 1 is 1.24 bits per heavy atom. The Kier molecular flexibility index (Phi) is 3.73. The lowest BCUT2D eigenvalue weighted by Crippen LogP contribution is -2.71. The van der Waals surface area contributed by atoms with E-state index < -0.39 is 32.6 Å². The van der Waals surface area contributed by atoms with Gasteiger partial charge in [0.25, 0.3) is 0 Å². The number of sulfonamides is 1. The van der Waals surface area contributed by atoms with Crippen LogP contribution < -0.4 is 10.5 Å². The lowest BCUT2D eigenvalue weighted by molar-refractivity contribution is -0.114. The summed E-state index contributed by atoms with van der Waals surface area (Å²) in [5.74, 6) is -1.75. The first-order valence-electron chi connectivity index (χ1n) is 6.74. The van der Waals surface area contributed by atoms with Crippen molar-refractivity contribution in [3.63, 3.8) is 0 Å². The van der Waals surface area contributed by atoms with Gasteiger partial charge in [0.05, 0.1) is 17.0 Å². The summed E-state index contributed by atoms with van der Waals surface area (Å²) in [4.78, 5) is -0.452. The van der Waals surface area contributed by atoms with Crippen molar-refractivity contribution in [3.8, 4) is 0 Å². The van der Waals surface area contributed by atoms with Gasteiger partial charge in [-0.1, -0.05) is 0 Å². The lowest BCUT2D eigenvalue weighted by atomic mass is 9.69. The molecule has 1 aromatic rings. The molecule has 3 rings (SSSR count). The number of benzene rings is 1. The number of nitrogens with two attached hydrogens (primary N) is 1. The fraction of sp³-hybridized carbons (Fsp3) is 0.538. The van der Waals surface area contributed by atoms with E-state index >= 15 is 0 Å². The summed E-state index contributed by atoms with van der Waals surface area (Å²) >= 11 is 0. The van der Waals surface area contributed by atoms with Gasteiger partial charge in [-0.2, -0.15) is 0 Å². The number of rotatable bonds is 3. The lowest BCUT2D eigenvalue weighted by Gasteiger charge is -2.52. The highest BCUT2D eigenvalue weighted by molar-refractivity contribution is 7.89. The molecular weight excluding hydrogens is 302 g/mol. The SMILES string of the molecule is NC1C2CCCOC2C1NS(=O)(=O)c1cc(F)cc(F)c1. The fourth-order valence-corrected chi connectivity index (χ4v) is 4.35. The van der Waals surface area contributed by atoms with Crippen LogP contribution in [-0.4, -0.2) is 33.2 Å². The van der Waals surface area contributed by atoms with Gasteiger partial charge >= 0.3 is 0 Å². The molecule has 0 aromatic heterocycles. The molecule has 21 heavy (non-hydrogen) atoms. The minimum atomic E-state index is -4.04. The smallest absolute Gasteiger partial charge is 0.241 e. The van der Waals surface area contributed by atoms with Gasteiger partial charge in [-0.3, -0.25) is 0 Å². The molecule has 1 saturated heterocycles. The summed E-state index contributed by atoms with van der Waals surface area (Å²) in [6.45, 7) is 0.570. The van der Waals surface area contributed by atoms with Gasteiger partial charge in [0.15, 0.2) is 0 Å². The molecule has 1 aromatic carbocycles. The quantitative estimate of drug-likeness (QED) is 0.862. The monoisotopic (exact) mass is 318 g/mol. The summed E-state index contributed by atoms with van der Waals surface area (Å²) in [7, 11) is -4.04. The topological polar surface area (TPSA) is 81.4 Å². The molecule has 2 aliphatic rings. The van der Waals surface area contributed by atoms with E-state index in [9.17, 15) is 17.2 Å². The van der Waals surface area contributed by atoms with Crippen LogP contribution in [0.2, 0.25) is 0 Å². The van der Waals surface area contributed by atoms with Gasteiger partial charge in [0.1, 0.15) is 11.6 Å². The van der Waals surface area contributed by atoms with E-state index in [0.29, 0.717) is 12.7 Å². The Morgan fingerprint density at radius 3 is 2.57 bits per heavy atom. The van der Waals surface area contributed by atoms with Crippen LogP contribution in [0, 0.1) is 17.6 Å². The Hall–Kier alpha value is -1.09. The number of hydrogen-bond donors (Lipinski definition) is 2. The maximum Gasteiger partial charge on any atom is 0.241 e.